The Morgan fingerprint density at radius 3 is 2.29 bits per heavy atom. The molecule has 0 unspecified atom stereocenters. The predicted octanol–water partition coefficient (Wildman–Crippen LogP) is 2.28. The van der Waals surface area contributed by atoms with Crippen LogP contribution in [0.25, 0.3) is 0 Å². The maximum atomic E-state index is 13.7. The van der Waals surface area contributed by atoms with Crippen LogP contribution in [0.5, 0.6) is 0 Å². The van der Waals surface area contributed by atoms with Crippen LogP contribution in [-0.4, -0.2) is 23.3 Å². The topological polar surface area (TPSA) is 31.4 Å². The first-order valence-electron chi connectivity index (χ1n) is 5.39. The van der Waals surface area contributed by atoms with Crippen LogP contribution in [0.4, 0.5) is 4.39 Å². The lowest BCUT2D eigenvalue weighted by Gasteiger charge is -2.32. The van der Waals surface area contributed by atoms with E-state index in [-0.39, 0.29) is 0 Å². The maximum Gasteiger partial charge on any atom is 0.498 e. The molecular weight excluding hydrogens is 288 g/mol. The number of pyridine rings is 1. The van der Waals surface area contributed by atoms with E-state index in [1.54, 1.807) is 6.07 Å². The van der Waals surface area contributed by atoms with Crippen LogP contribution in [0.1, 0.15) is 27.7 Å². The van der Waals surface area contributed by atoms with E-state index in [0.29, 0.717) is 10.1 Å². The van der Waals surface area contributed by atoms with Crippen molar-refractivity contribution >= 4 is 28.5 Å². The standard InChI is InChI=1S/C11H14BBrFNO2/c1-10(2)11(3,4)17-12(16-10)7-5-9(13)15-6-8(7)14/h5-6H,1-4H3. The summed E-state index contributed by atoms with van der Waals surface area (Å²) in [6.07, 6.45) is 1.16. The van der Waals surface area contributed by atoms with Gasteiger partial charge in [-0.1, -0.05) is 0 Å². The van der Waals surface area contributed by atoms with Crippen molar-refractivity contribution in [3.8, 4) is 0 Å². The number of rotatable bonds is 1. The highest BCUT2D eigenvalue weighted by Crippen LogP contribution is 2.36. The van der Waals surface area contributed by atoms with Crippen LogP contribution in [0, 0.1) is 5.82 Å². The smallest absolute Gasteiger partial charge is 0.399 e. The number of halogens is 2. The van der Waals surface area contributed by atoms with Gasteiger partial charge in [-0.2, -0.15) is 0 Å². The molecule has 1 aliphatic rings. The largest absolute Gasteiger partial charge is 0.498 e. The molecule has 1 saturated heterocycles. The van der Waals surface area contributed by atoms with Gasteiger partial charge < -0.3 is 9.31 Å². The molecule has 0 aromatic carbocycles. The summed E-state index contributed by atoms with van der Waals surface area (Å²) in [6, 6.07) is 1.58. The van der Waals surface area contributed by atoms with Crippen molar-refractivity contribution in [1.82, 2.24) is 4.98 Å². The van der Waals surface area contributed by atoms with E-state index < -0.39 is 24.1 Å². The summed E-state index contributed by atoms with van der Waals surface area (Å²) in [5, 5.41) is 0. The number of hydrogen-bond acceptors (Lipinski definition) is 3. The van der Waals surface area contributed by atoms with Gasteiger partial charge in [0.05, 0.1) is 17.4 Å². The second-order valence-electron chi connectivity index (χ2n) is 5.12. The first-order chi connectivity index (χ1) is 7.73. The number of nitrogens with zero attached hydrogens (tertiary/aromatic N) is 1. The molecule has 0 radical (unpaired) electrons. The highest BCUT2D eigenvalue weighted by Gasteiger charge is 2.52. The minimum absolute atomic E-state index is 0.366. The Labute approximate surface area is 109 Å². The minimum atomic E-state index is -0.695. The lowest BCUT2D eigenvalue weighted by molar-refractivity contribution is 0.00578. The van der Waals surface area contributed by atoms with Gasteiger partial charge in [-0.3, -0.25) is 0 Å². The Balaban J connectivity index is 2.35. The fourth-order valence-corrected chi connectivity index (χ4v) is 1.93. The predicted molar refractivity (Wildman–Crippen MR) is 67.6 cm³/mol. The van der Waals surface area contributed by atoms with Gasteiger partial charge in [-0.05, 0) is 49.7 Å². The van der Waals surface area contributed by atoms with Crippen LogP contribution < -0.4 is 5.46 Å². The quantitative estimate of drug-likeness (QED) is 0.589. The minimum Gasteiger partial charge on any atom is -0.399 e. The first-order valence-corrected chi connectivity index (χ1v) is 6.19. The molecule has 0 atom stereocenters. The van der Waals surface area contributed by atoms with Crippen LogP contribution in [-0.2, 0) is 9.31 Å². The van der Waals surface area contributed by atoms with E-state index in [0.717, 1.165) is 6.20 Å². The van der Waals surface area contributed by atoms with Gasteiger partial charge in [-0.25, -0.2) is 9.37 Å². The molecule has 3 nitrogen and oxygen atoms in total. The van der Waals surface area contributed by atoms with Crippen molar-refractivity contribution < 1.29 is 13.7 Å². The van der Waals surface area contributed by atoms with Crippen LogP contribution in [0.2, 0.25) is 0 Å². The molecule has 0 amide bonds. The van der Waals surface area contributed by atoms with Crippen molar-refractivity contribution in [3.63, 3.8) is 0 Å². The van der Waals surface area contributed by atoms with Crippen LogP contribution in [0.3, 0.4) is 0 Å². The van der Waals surface area contributed by atoms with Gasteiger partial charge in [0.25, 0.3) is 0 Å². The summed E-state index contributed by atoms with van der Waals surface area (Å²) >= 11 is 3.21. The summed E-state index contributed by atoms with van der Waals surface area (Å²) < 4.78 is 25.8. The summed E-state index contributed by atoms with van der Waals surface area (Å²) in [5.41, 5.74) is -0.579. The third-order valence-electron chi connectivity index (χ3n) is 3.36. The second kappa shape index (κ2) is 4.04. The first kappa shape index (κ1) is 13.0. The number of hydrogen-bond donors (Lipinski definition) is 0. The van der Waals surface area contributed by atoms with Gasteiger partial charge in [0.1, 0.15) is 10.4 Å². The zero-order valence-corrected chi connectivity index (χ0v) is 11.8. The van der Waals surface area contributed by atoms with Crippen molar-refractivity contribution in [2.24, 2.45) is 0 Å². The van der Waals surface area contributed by atoms with Gasteiger partial charge in [0.15, 0.2) is 0 Å². The molecule has 1 aromatic rings. The normalized spacial score (nSPS) is 21.9. The highest BCUT2D eigenvalue weighted by atomic mass is 79.9. The molecule has 2 heterocycles. The summed E-state index contributed by atoms with van der Waals surface area (Å²) in [4.78, 5) is 3.81. The molecule has 6 heteroatoms. The fourth-order valence-electron chi connectivity index (χ4n) is 1.58. The van der Waals surface area contributed by atoms with Crippen molar-refractivity contribution in [2.75, 3.05) is 0 Å². The molecule has 0 saturated carbocycles. The third-order valence-corrected chi connectivity index (χ3v) is 3.79. The second-order valence-corrected chi connectivity index (χ2v) is 5.93. The average molecular weight is 302 g/mol. The van der Waals surface area contributed by atoms with Gasteiger partial charge >= 0.3 is 7.12 Å². The van der Waals surface area contributed by atoms with Crippen molar-refractivity contribution in [1.29, 1.82) is 0 Å². The zero-order valence-electron chi connectivity index (χ0n) is 10.3. The van der Waals surface area contributed by atoms with E-state index >= 15 is 0 Å². The molecule has 0 aliphatic carbocycles. The summed E-state index contributed by atoms with van der Waals surface area (Å²) in [6.45, 7) is 7.73. The van der Waals surface area contributed by atoms with Gasteiger partial charge in [0.2, 0.25) is 0 Å². The maximum absolute atomic E-state index is 13.7. The van der Waals surface area contributed by atoms with Gasteiger partial charge in [-0.15, -0.1) is 0 Å². The summed E-state index contributed by atoms with van der Waals surface area (Å²) in [7, 11) is -0.695. The SMILES string of the molecule is CC1(C)OB(c2cc(Br)ncc2F)OC1(C)C. The van der Waals surface area contributed by atoms with Crippen LogP contribution in [0.15, 0.2) is 16.9 Å². The molecule has 1 fully saturated rings. The Bertz CT molecular complexity index is 437. The molecular formula is C11H14BBrFNO2. The summed E-state index contributed by atoms with van der Waals surface area (Å²) in [5.74, 6) is -0.424. The third kappa shape index (κ3) is 2.26. The fraction of sp³-hybridized carbons (Fsp3) is 0.545. The van der Waals surface area contributed by atoms with Crippen molar-refractivity contribution in [3.05, 3.63) is 22.7 Å². The monoisotopic (exact) mass is 301 g/mol. The molecule has 0 spiro atoms. The molecule has 0 N–H and O–H groups in total. The van der Waals surface area contributed by atoms with E-state index in [9.17, 15) is 4.39 Å². The Hall–Kier alpha value is -0.455. The molecule has 92 valence electrons. The molecule has 2 rings (SSSR count). The van der Waals surface area contributed by atoms with Gasteiger partial charge in [0, 0.05) is 5.46 Å². The zero-order chi connectivity index (χ0) is 12.8. The molecule has 17 heavy (non-hydrogen) atoms. The van der Waals surface area contributed by atoms with E-state index in [1.165, 1.54) is 0 Å². The molecule has 0 bridgehead atoms. The average Bonchev–Trinajstić information content (AvgIpc) is 2.40. The Morgan fingerprint density at radius 2 is 1.76 bits per heavy atom. The lowest BCUT2D eigenvalue weighted by atomic mass is 9.79. The van der Waals surface area contributed by atoms with E-state index in [4.69, 9.17) is 9.31 Å². The van der Waals surface area contributed by atoms with Crippen LogP contribution >= 0.6 is 15.9 Å². The van der Waals surface area contributed by atoms with E-state index in [2.05, 4.69) is 20.9 Å². The van der Waals surface area contributed by atoms with Crippen molar-refractivity contribution in [2.45, 2.75) is 38.9 Å². The molecule has 1 aromatic heterocycles. The number of aromatic nitrogens is 1. The Kier molecular flexibility index (Phi) is 3.08. The lowest BCUT2D eigenvalue weighted by Crippen LogP contribution is -2.41. The molecule has 1 aliphatic heterocycles. The Morgan fingerprint density at radius 1 is 1.24 bits per heavy atom. The highest BCUT2D eigenvalue weighted by molar-refractivity contribution is 9.10. The van der Waals surface area contributed by atoms with E-state index in [1.807, 2.05) is 27.7 Å².